The van der Waals surface area contributed by atoms with E-state index >= 15 is 0 Å². The van der Waals surface area contributed by atoms with Crippen molar-refractivity contribution in [1.29, 1.82) is 0 Å². The van der Waals surface area contributed by atoms with Crippen molar-refractivity contribution in [3.05, 3.63) is 84.2 Å². The Morgan fingerprint density at radius 2 is 1.80 bits per heavy atom. The summed E-state index contributed by atoms with van der Waals surface area (Å²) in [7, 11) is 1.80. The molecule has 30 heavy (non-hydrogen) atoms. The van der Waals surface area contributed by atoms with Gasteiger partial charge in [-0.15, -0.1) is 0 Å². The highest BCUT2D eigenvalue weighted by molar-refractivity contribution is 6.10. The van der Waals surface area contributed by atoms with E-state index in [2.05, 4.69) is 5.10 Å². The summed E-state index contributed by atoms with van der Waals surface area (Å²) < 4.78 is 1.90. The van der Waals surface area contributed by atoms with Crippen molar-refractivity contribution in [2.75, 3.05) is 25.0 Å². The molecule has 0 bridgehead atoms. The minimum absolute atomic E-state index is 0.00921. The summed E-state index contributed by atoms with van der Waals surface area (Å²) in [6.07, 6.45) is 4.36. The number of carbonyl (C=O) groups is 2. The van der Waals surface area contributed by atoms with Gasteiger partial charge in [-0.2, -0.15) is 5.10 Å². The molecule has 2 aliphatic rings. The molecule has 1 aromatic heterocycles. The maximum absolute atomic E-state index is 13.5. The lowest BCUT2D eigenvalue weighted by Gasteiger charge is -2.41. The van der Waals surface area contributed by atoms with E-state index in [-0.39, 0.29) is 24.3 Å². The lowest BCUT2D eigenvalue weighted by molar-refractivity contribution is -0.141. The number of amides is 2. The first kappa shape index (κ1) is 18.6. The first-order valence-corrected chi connectivity index (χ1v) is 10.3. The maximum Gasteiger partial charge on any atom is 0.238 e. The monoisotopic (exact) mass is 400 g/mol. The predicted molar refractivity (Wildman–Crippen MR) is 114 cm³/mol. The molecule has 0 spiro atoms. The van der Waals surface area contributed by atoms with Crippen molar-refractivity contribution in [3.8, 4) is 0 Å². The van der Waals surface area contributed by atoms with Crippen molar-refractivity contribution in [2.24, 2.45) is 0 Å². The first-order valence-electron chi connectivity index (χ1n) is 10.3. The summed E-state index contributed by atoms with van der Waals surface area (Å²) in [6, 6.07) is 19.9. The molecule has 0 unspecified atom stereocenters. The third-order valence-corrected chi connectivity index (χ3v) is 6.41. The van der Waals surface area contributed by atoms with E-state index in [4.69, 9.17) is 0 Å². The Labute approximate surface area is 175 Å². The Bertz CT molecular complexity index is 1070. The van der Waals surface area contributed by atoms with Gasteiger partial charge in [0.25, 0.3) is 0 Å². The van der Waals surface area contributed by atoms with Gasteiger partial charge < -0.3 is 9.80 Å². The summed E-state index contributed by atoms with van der Waals surface area (Å²) >= 11 is 0. The molecule has 1 fully saturated rings. The van der Waals surface area contributed by atoms with Gasteiger partial charge in [-0.25, -0.2) is 0 Å². The standard InChI is InChI=1S/C24H24N4O2/c1-26-21-11-6-5-10-20(21)24(23(26)30,14-18-8-3-2-4-9-18)15-22(29)27-16-19(17-27)28-13-7-12-25-28/h2-13,19H,14-17H2,1H3/t24-/m0/s1. The smallest absolute Gasteiger partial charge is 0.238 e. The van der Waals surface area contributed by atoms with Crippen molar-refractivity contribution < 1.29 is 9.59 Å². The van der Waals surface area contributed by atoms with Crippen molar-refractivity contribution in [3.63, 3.8) is 0 Å². The highest BCUT2D eigenvalue weighted by Gasteiger charge is 2.51. The van der Waals surface area contributed by atoms with Crippen LogP contribution in [0.3, 0.4) is 0 Å². The molecule has 152 valence electrons. The van der Waals surface area contributed by atoms with Crippen LogP contribution >= 0.6 is 0 Å². The highest BCUT2D eigenvalue weighted by Crippen LogP contribution is 2.46. The predicted octanol–water partition coefficient (Wildman–Crippen LogP) is 2.81. The van der Waals surface area contributed by atoms with Gasteiger partial charge in [0.15, 0.2) is 0 Å². The maximum atomic E-state index is 13.5. The van der Waals surface area contributed by atoms with Gasteiger partial charge in [-0.05, 0) is 29.7 Å². The Morgan fingerprint density at radius 3 is 2.53 bits per heavy atom. The van der Waals surface area contributed by atoms with Crippen LogP contribution in [-0.2, 0) is 21.4 Å². The van der Waals surface area contributed by atoms with Crippen LogP contribution in [-0.4, -0.2) is 46.6 Å². The van der Waals surface area contributed by atoms with Gasteiger partial charge in [-0.3, -0.25) is 14.3 Å². The molecular weight excluding hydrogens is 376 g/mol. The molecule has 6 nitrogen and oxygen atoms in total. The van der Waals surface area contributed by atoms with Gasteiger partial charge in [0.2, 0.25) is 11.8 Å². The average molecular weight is 400 g/mol. The number of anilines is 1. The van der Waals surface area contributed by atoms with Crippen molar-refractivity contribution in [2.45, 2.75) is 24.3 Å². The van der Waals surface area contributed by atoms with Crippen LogP contribution in [0.15, 0.2) is 73.1 Å². The number of likely N-dealkylation sites (N-methyl/N-ethyl adjacent to an activating group) is 1. The third kappa shape index (κ3) is 2.91. The molecular formula is C24H24N4O2. The first-order chi connectivity index (χ1) is 14.6. The fraction of sp³-hybridized carbons (Fsp3) is 0.292. The molecule has 0 radical (unpaired) electrons. The van der Waals surface area contributed by atoms with E-state index in [1.54, 1.807) is 18.1 Å². The number of rotatable bonds is 5. The molecule has 5 rings (SSSR count). The molecule has 0 N–H and O–H groups in total. The normalized spacial score (nSPS) is 20.9. The zero-order valence-corrected chi connectivity index (χ0v) is 16.9. The van der Waals surface area contributed by atoms with Crippen LogP contribution in [0.1, 0.15) is 23.6 Å². The Kier molecular flexibility index (Phi) is 4.42. The van der Waals surface area contributed by atoms with E-state index < -0.39 is 5.41 Å². The molecule has 2 aromatic carbocycles. The van der Waals surface area contributed by atoms with E-state index in [0.29, 0.717) is 19.5 Å². The molecule has 3 heterocycles. The Morgan fingerprint density at radius 1 is 1.07 bits per heavy atom. The molecule has 1 atom stereocenters. The lowest BCUT2D eigenvalue weighted by atomic mass is 9.73. The number of carbonyl (C=O) groups excluding carboxylic acids is 2. The second-order valence-corrected chi connectivity index (χ2v) is 8.24. The minimum atomic E-state index is -0.874. The average Bonchev–Trinajstić information content (AvgIpc) is 3.31. The largest absolute Gasteiger partial charge is 0.338 e. The van der Waals surface area contributed by atoms with Gasteiger partial charge in [0.1, 0.15) is 0 Å². The molecule has 0 aliphatic carbocycles. The van der Waals surface area contributed by atoms with Crippen LogP contribution < -0.4 is 4.90 Å². The zero-order valence-electron chi connectivity index (χ0n) is 16.9. The number of likely N-dealkylation sites (tertiary alicyclic amines) is 1. The minimum Gasteiger partial charge on any atom is -0.338 e. The van der Waals surface area contributed by atoms with Gasteiger partial charge in [0, 0.05) is 44.6 Å². The third-order valence-electron chi connectivity index (χ3n) is 6.41. The molecule has 6 heteroatoms. The summed E-state index contributed by atoms with van der Waals surface area (Å²) in [4.78, 5) is 30.4. The van der Waals surface area contributed by atoms with Gasteiger partial charge in [-0.1, -0.05) is 48.5 Å². The summed E-state index contributed by atoms with van der Waals surface area (Å²) in [5.41, 5.74) is 2.02. The zero-order chi connectivity index (χ0) is 20.7. The van der Waals surface area contributed by atoms with E-state index in [1.807, 2.05) is 76.4 Å². The fourth-order valence-electron chi connectivity index (χ4n) is 4.76. The number of aromatic nitrogens is 2. The summed E-state index contributed by atoms with van der Waals surface area (Å²) in [6.45, 7) is 1.27. The number of fused-ring (bicyclic) bond motifs is 1. The van der Waals surface area contributed by atoms with E-state index in [0.717, 1.165) is 16.8 Å². The number of hydrogen-bond donors (Lipinski definition) is 0. The van der Waals surface area contributed by atoms with Crippen LogP contribution in [0.4, 0.5) is 5.69 Å². The van der Waals surface area contributed by atoms with Gasteiger partial charge in [0.05, 0.1) is 11.5 Å². The van der Waals surface area contributed by atoms with Crippen LogP contribution in [0, 0.1) is 0 Å². The molecule has 2 amide bonds. The highest BCUT2D eigenvalue weighted by atomic mass is 16.2. The SMILES string of the molecule is CN1C(=O)[C@](CC(=O)N2CC(n3cccn3)C2)(Cc2ccccc2)c2ccccc21. The van der Waals surface area contributed by atoms with E-state index in [9.17, 15) is 9.59 Å². The summed E-state index contributed by atoms with van der Waals surface area (Å²) in [5.74, 6) is 0.0119. The fourth-order valence-corrected chi connectivity index (χ4v) is 4.76. The summed E-state index contributed by atoms with van der Waals surface area (Å²) in [5, 5.41) is 4.27. The number of para-hydroxylation sites is 1. The Balaban J connectivity index is 1.44. The number of benzene rings is 2. The quantitative estimate of drug-likeness (QED) is 0.662. The molecule has 3 aromatic rings. The van der Waals surface area contributed by atoms with Gasteiger partial charge >= 0.3 is 0 Å². The molecule has 1 saturated heterocycles. The second kappa shape index (κ2) is 7.13. The second-order valence-electron chi connectivity index (χ2n) is 8.24. The van der Waals surface area contributed by atoms with Crippen molar-refractivity contribution >= 4 is 17.5 Å². The topological polar surface area (TPSA) is 58.4 Å². The molecule has 2 aliphatic heterocycles. The number of nitrogens with zero attached hydrogens (tertiary/aromatic N) is 4. The van der Waals surface area contributed by atoms with Crippen LogP contribution in [0.5, 0.6) is 0 Å². The van der Waals surface area contributed by atoms with E-state index in [1.165, 1.54) is 0 Å². The van der Waals surface area contributed by atoms with Crippen LogP contribution in [0.2, 0.25) is 0 Å². The Hall–Kier alpha value is -3.41. The van der Waals surface area contributed by atoms with Crippen molar-refractivity contribution in [1.82, 2.24) is 14.7 Å². The van der Waals surface area contributed by atoms with Crippen LogP contribution in [0.25, 0.3) is 0 Å². The number of hydrogen-bond acceptors (Lipinski definition) is 3. The lowest BCUT2D eigenvalue weighted by Crippen LogP contribution is -2.53. The molecule has 0 saturated carbocycles.